The van der Waals surface area contributed by atoms with Crippen LogP contribution in [-0.4, -0.2) is 0 Å². The Labute approximate surface area is 73.7 Å². The van der Waals surface area contributed by atoms with E-state index >= 15 is 0 Å². The fraction of sp³-hybridized carbons (Fsp3) is 0. The van der Waals surface area contributed by atoms with Crippen molar-refractivity contribution < 1.29 is 8.83 Å². The van der Waals surface area contributed by atoms with Gasteiger partial charge in [0.2, 0.25) is 0 Å². The highest BCUT2D eigenvalue weighted by Gasteiger charge is 2.04. The van der Waals surface area contributed by atoms with Gasteiger partial charge in [0.1, 0.15) is 11.2 Å². The Morgan fingerprint density at radius 3 is 2.77 bits per heavy atom. The quantitative estimate of drug-likeness (QED) is 0.568. The second kappa shape index (κ2) is 2.07. The molecule has 3 rings (SSSR count). The molecular weight excluding hydrogens is 166 g/mol. The lowest BCUT2D eigenvalue weighted by atomic mass is 10.2. The Morgan fingerprint density at radius 2 is 1.85 bits per heavy atom. The van der Waals surface area contributed by atoms with Crippen LogP contribution in [0.3, 0.4) is 0 Å². The summed E-state index contributed by atoms with van der Waals surface area (Å²) >= 11 is 0. The maximum atomic E-state index is 5.52. The van der Waals surface area contributed by atoms with E-state index < -0.39 is 0 Å². The number of benzene rings is 1. The fourth-order valence-electron chi connectivity index (χ4n) is 1.52. The monoisotopic (exact) mass is 173 g/mol. The van der Waals surface area contributed by atoms with Gasteiger partial charge in [0.05, 0.1) is 6.26 Å². The number of nitrogen functional groups attached to an aromatic ring is 1. The van der Waals surface area contributed by atoms with E-state index in [4.69, 9.17) is 14.6 Å². The van der Waals surface area contributed by atoms with Crippen molar-refractivity contribution in [1.29, 1.82) is 0 Å². The minimum Gasteiger partial charge on any atom is -0.464 e. The summed E-state index contributed by atoms with van der Waals surface area (Å²) in [6.07, 6.45) is 1.66. The summed E-state index contributed by atoms with van der Waals surface area (Å²) < 4.78 is 10.5. The highest BCUT2D eigenvalue weighted by molar-refractivity contribution is 5.94. The van der Waals surface area contributed by atoms with Crippen LogP contribution in [0.1, 0.15) is 0 Å². The highest BCUT2D eigenvalue weighted by Crippen LogP contribution is 2.26. The van der Waals surface area contributed by atoms with Gasteiger partial charge in [-0.25, -0.2) is 0 Å². The molecule has 0 spiro atoms. The zero-order chi connectivity index (χ0) is 8.84. The Morgan fingerprint density at radius 1 is 1.00 bits per heavy atom. The summed E-state index contributed by atoms with van der Waals surface area (Å²) in [5, 5.41) is 2.00. The van der Waals surface area contributed by atoms with Gasteiger partial charge in [-0.1, -0.05) is 0 Å². The van der Waals surface area contributed by atoms with Gasteiger partial charge in [0, 0.05) is 16.8 Å². The molecule has 3 heteroatoms. The molecule has 0 amide bonds. The minimum absolute atomic E-state index is 0.433. The van der Waals surface area contributed by atoms with Crippen molar-refractivity contribution in [2.45, 2.75) is 0 Å². The summed E-state index contributed by atoms with van der Waals surface area (Å²) in [5.74, 6) is 0.433. The molecule has 3 nitrogen and oxygen atoms in total. The van der Waals surface area contributed by atoms with Crippen LogP contribution >= 0.6 is 0 Å². The van der Waals surface area contributed by atoms with Crippen molar-refractivity contribution in [3.05, 3.63) is 30.5 Å². The van der Waals surface area contributed by atoms with Crippen molar-refractivity contribution in [3.8, 4) is 0 Å². The van der Waals surface area contributed by atoms with Gasteiger partial charge in [0.25, 0.3) is 0 Å². The largest absolute Gasteiger partial charge is 0.464 e. The van der Waals surface area contributed by atoms with E-state index in [-0.39, 0.29) is 0 Å². The molecule has 2 N–H and O–H groups in total. The molecule has 1 aromatic carbocycles. The number of rotatable bonds is 0. The molecule has 0 saturated carbocycles. The van der Waals surface area contributed by atoms with E-state index in [1.807, 2.05) is 18.2 Å². The van der Waals surface area contributed by atoms with Gasteiger partial charge in [0.15, 0.2) is 5.88 Å². The van der Waals surface area contributed by atoms with E-state index in [9.17, 15) is 0 Å². The molecule has 3 aromatic rings. The van der Waals surface area contributed by atoms with Crippen LogP contribution in [0.5, 0.6) is 0 Å². The molecule has 0 bridgehead atoms. The van der Waals surface area contributed by atoms with E-state index in [0.717, 1.165) is 21.9 Å². The van der Waals surface area contributed by atoms with Crippen LogP contribution in [0.2, 0.25) is 0 Å². The zero-order valence-electron chi connectivity index (χ0n) is 6.78. The molecule has 0 radical (unpaired) electrons. The van der Waals surface area contributed by atoms with E-state index in [0.29, 0.717) is 5.88 Å². The lowest BCUT2D eigenvalue weighted by Gasteiger charge is -1.87. The highest BCUT2D eigenvalue weighted by atomic mass is 16.3. The third-order valence-electron chi connectivity index (χ3n) is 2.11. The molecule has 64 valence electrons. The van der Waals surface area contributed by atoms with E-state index in [1.165, 1.54) is 0 Å². The summed E-state index contributed by atoms with van der Waals surface area (Å²) in [6, 6.07) is 7.53. The maximum Gasteiger partial charge on any atom is 0.191 e. The maximum absolute atomic E-state index is 5.52. The van der Waals surface area contributed by atoms with Crippen molar-refractivity contribution in [1.82, 2.24) is 0 Å². The summed E-state index contributed by atoms with van der Waals surface area (Å²) in [4.78, 5) is 0. The van der Waals surface area contributed by atoms with Gasteiger partial charge < -0.3 is 14.6 Å². The van der Waals surface area contributed by atoms with Gasteiger partial charge in [-0.2, -0.15) is 0 Å². The number of furan rings is 2. The standard InChI is InChI=1S/C10H7NO2/c11-10-5-7-4-8-6(1-2-12-8)3-9(7)13-10/h1-5H,11H2. The van der Waals surface area contributed by atoms with Crippen LogP contribution in [0.25, 0.3) is 21.9 Å². The number of anilines is 1. The van der Waals surface area contributed by atoms with Crippen molar-refractivity contribution >= 4 is 27.8 Å². The number of hydrogen-bond acceptors (Lipinski definition) is 3. The second-order valence-corrected chi connectivity index (χ2v) is 3.00. The zero-order valence-corrected chi connectivity index (χ0v) is 6.78. The van der Waals surface area contributed by atoms with Crippen molar-refractivity contribution in [2.24, 2.45) is 0 Å². The predicted octanol–water partition coefficient (Wildman–Crippen LogP) is 2.76. The minimum atomic E-state index is 0.433. The first-order valence-corrected chi connectivity index (χ1v) is 3.99. The van der Waals surface area contributed by atoms with Gasteiger partial charge in [-0.3, -0.25) is 0 Å². The lowest BCUT2D eigenvalue weighted by molar-refractivity contribution is 0.615. The average Bonchev–Trinajstić information content (AvgIpc) is 2.63. The number of fused-ring (bicyclic) bond motifs is 2. The third kappa shape index (κ3) is 0.839. The first kappa shape index (κ1) is 6.60. The summed E-state index contributed by atoms with van der Waals surface area (Å²) in [5.41, 5.74) is 7.18. The smallest absolute Gasteiger partial charge is 0.191 e. The van der Waals surface area contributed by atoms with Crippen LogP contribution in [0, 0.1) is 0 Å². The summed E-state index contributed by atoms with van der Waals surface area (Å²) in [7, 11) is 0. The Balaban J connectivity index is 2.54. The molecule has 2 heterocycles. The number of hydrogen-bond donors (Lipinski definition) is 1. The Bertz CT molecular complexity index is 529. The molecule has 0 aliphatic rings. The fourth-order valence-corrected chi connectivity index (χ4v) is 1.52. The van der Waals surface area contributed by atoms with Crippen molar-refractivity contribution in [3.63, 3.8) is 0 Å². The normalized spacial score (nSPS) is 11.4. The molecule has 0 aliphatic carbocycles. The summed E-state index contributed by atoms with van der Waals surface area (Å²) in [6.45, 7) is 0. The van der Waals surface area contributed by atoms with E-state index in [2.05, 4.69) is 0 Å². The van der Waals surface area contributed by atoms with Gasteiger partial charge in [-0.05, 0) is 18.2 Å². The third-order valence-corrected chi connectivity index (χ3v) is 2.11. The Kier molecular flexibility index (Phi) is 1.05. The molecule has 0 unspecified atom stereocenters. The molecule has 13 heavy (non-hydrogen) atoms. The first-order chi connectivity index (χ1) is 6.33. The average molecular weight is 173 g/mol. The van der Waals surface area contributed by atoms with Crippen LogP contribution in [0.15, 0.2) is 39.4 Å². The van der Waals surface area contributed by atoms with E-state index in [1.54, 1.807) is 12.3 Å². The second-order valence-electron chi connectivity index (χ2n) is 3.00. The van der Waals surface area contributed by atoms with Crippen LogP contribution < -0.4 is 5.73 Å². The molecule has 0 saturated heterocycles. The van der Waals surface area contributed by atoms with Crippen LogP contribution in [0.4, 0.5) is 5.88 Å². The molecule has 0 aliphatic heterocycles. The molecule has 2 aromatic heterocycles. The molecule has 0 fully saturated rings. The van der Waals surface area contributed by atoms with Crippen LogP contribution in [-0.2, 0) is 0 Å². The number of nitrogens with two attached hydrogens (primary N) is 1. The molecular formula is C10H7NO2. The predicted molar refractivity (Wildman–Crippen MR) is 50.4 cm³/mol. The van der Waals surface area contributed by atoms with Gasteiger partial charge in [-0.15, -0.1) is 0 Å². The molecule has 0 atom stereocenters. The topological polar surface area (TPSA) is 52.3 Å². The SMILES string of the molecule is Nc1cc2cc3occc3cc2o1. The van der Waals surface area contributed by atoms with Gasteiger partial charge >= 0.3 is 0 Å². The lowest BCUT2D eigenvalue weighted by Crippen LogP contribution is -1.75. The first-order valence-electron chi connectivity index (χ1n) is 3.99. The van der Waals surface area contributed by atoms with Crippen molar-refractivity contribution in [2.75, 3.05) is 5.73 Å². The Hall–Kier alpha value is -1.90.